The largest absolute Gasteiger partial charge is 0.489 e. The molecule has 2 amide bonds. The van der Waals surface area contributed by atoms with Crippen LogP contribution < -0.4 is 10.1 Å². The van der Waals surface area contributed by atoms with Gasteiger partial charge in [-0.2, -0.15) is 0 Å². The van der Waals surface area contributed by atoms with E-state index in [2.05, 4.69) is 5.32 Å². The van der Waals surface area contributed by atoms with Gasteiger partial charge in [-0.1, -0.05) is 60.1 Å². The van der Waals surface area contributed by atoms with E-state index in [1.807, 2.05) is 76.5 Å². The van der Waals surface area contributed by atoms with Gasteiger partial charge in [0.1, 0.15) is 12.4 Å². The lowest BCUT2D eigenvalue weighted by Crippen LogP contribution is -2.50. The number of nitrogens with one attached hydrogen (secondary N) is 1. The molecule has 0 unspecified atom stereocenters. The predicted octanol–water partition coefficient (Wildman–Crippen LogP) is 4.32. The molecule has 1 aliphatic rings. The molecule has 170 valence electrons. The zero-order chi connectivity index (χ0) is 23.0. The Balaban J connectivity index is 1.30. The first-order valence-corrected chi connectivity index (χ1v) is 11.3. The number of carbonyl (C=O) groups is 2. The van der Waals surface area contributed by atoms with Gasteiger partial charge in [0.25, 0.3) is 5.91 Å². The summed E-state index contributed by atoms with van der Waals surface area (Å²) < 4.78 is 5.86. The molecule has 0 bridgehead atoms. The number of hydrogen-bond donors (Lipinski definition) is 1. The maximum atomic E-state index is 13.2. The van der Waals surface area contributed by atoms with Gasteiger partial charge in [-0.05, 0) is 30.3 Å². The second kappa shape index (κ2) is 11.0. The number of halogens is 1. The van der Waals surface area contributed by atoms with Crippen molar-refractivity contribution in [1.82, 2.24) is 9.80 Å². The Bertz CT molecular complexity index is 1100. The molecule has 1 fully saturated rings. The van der Waals surface area contributed by atoms with Crippen molar-refractivity contribution >= 4 is 29.1 Å². The number of carbonyl (C=O) groups excluding carboxylic acids is 2. The van der Waals surface area contributed by atoms with E-state index in [9.17, 15) is 9.59 Å². The van der Waals surface area contributed by atoms with E-state index in [4.69, 9.17) is 16.3 Å². The first-order valence-electron chi connectivity index (χ1n) is 10.9. The van der Waals surface area contributed by atoms with E-state index in [1.165, 1.54) is 0 Å². The molecule has 0 atom stereocenters. The van der Waals surface area contributed by atoms with Crippen molar-refractivity contribution in [3.8, 4) is 5.75 Å². The lowest BCUT2D eigenvalue weighted by molar-refractivity contribution is -0.117. The molecular formula is C26H26ClN3O3. The van der Waals surface area contributed by atoms with Crippen LogP contribution in [0.5, 0.6) is 5.75 Å². The smallest absolute Gasteiger partial charge is 0.254 e. The molecule has 0 saturated carbocycles. The van der Waals surface area contributed by atoms with Crippen LogP contribution in [-0.4, -0.2) is 54.3 Å². The van der Waals surface area contributed by atoms with Crippen molar-refractivity contribution < 1.29 is 14.3 Å². The van der Waals surface area contributed by atoms with Gasteiger partial charge >= 0.3 is 0 Å². The first-order chi connectivity index (χ1) is 16.1. The van der Waals surface area contributed by atoms with E-state index in [0.717, 1.165) is 11.3 Å². The molecule has 0 aliphatic carbocycles. The third-order valence-electron chi connectivity index (χ3n) is 5.56. The Morgan fingerprint density at radius 2 is 1.52 bits per heavy atom. The fraction of sp³-hybridized carbons (Fsp3) is 0.231. The molecule has 1 saturated heterocycles. The minimum absolute atomic E-state index is 0.0116. The van der Waals surface area contributed by atoms with E-state index in [-0.39, 0.29) is 18.4 Å². The van der Waals surface area contributed by atoms with E-state index >= 15 is 0 Å². The molecule has 0 spiro atoms. The maximum absolute atomic E-state index is 13.2. The Kier molecular flexibility index (Phi) is 7.60. The number of rotatable bonds is 7. The van der Waals surface area contributed by atoms with Crippen LogP contribution >= 0.6 is 11.6 Å². The Morgan fingerprint density at radius 3 is 2.27 bits per heavy atom. The summed E-state index contributed by atoms with van der Waals surface area (Å²) in [5.41, 5.74) is 2.11. The second-order valence-corrected chi connectivity index (χ2v) is 8.26. The highest BCUT2D eigenvalue weighted by Gasteiger charge is 2.25. The molecule has 0 radical (unpaired) electrons. The van der Waals surface area contributed by atoms with Crippen LogP contribution in [0.3, 0.4) is 0 Å². The van der Waals surface area contributed by atoms with Crippen molar-refractivity contribution in [1.29, 1.82) is 0 Å². The quantitative estimate of drug-likeness (QED) is 0.567. The van der Waals surface area contributed by atoms with Crippen LogP contribution in [-0.2, 0) is 11.4 Å². The molecule has 3 aromatic rings. The lowest BCUT2D eigenvalue weighted by atomic mass is 10.1. The van der Waals surface area contributed by atoms with Crippen molar-refractivity contribution in [2.24, 2.45) is 0 Å². The highest BCUT2D eigenvalue weighted by Crippen LogP contribution is 2.21. The van der Waals surface area contributed by atoms with Crippen molar-refractivity contribution in [3.05, 3.63) is 95.0 Å². The fourth-order valence-corrected chi connectivity index (χ4v) is 3.95. The number of para-hydroxylation sites is 2. The average molecular weight is 464 g/mol. The summed E-state index contributed by atoms with van der Waals surface area (Å²) in [5, 5.41) is 3.36. The predicted molar refractivity (Wildman–Crippen MR) is 130 cm³/mol. The summed E-state index contributed by atoms with van der Waals surface area (Å²) in [6.07, 6.45) is 0. The fourth-order valence-electron chi connectivity index (χ4n) is 3.77. The van der Waals surface area contributed by atoms with Gasteiger partial charge in [-0.3, -0.25) is 14.5 Å². The number of benzene rings is 3. The van der Waals surface area contributed by atoms with Crippen molar-refractivity contribution in [2.75, 3.05) is 38.0 Å². The molecule has 1 aliphatic heterocycles. The van der Waals surface area contributed by atoms with Gasteiger partial charge < -0.3 is 15.0 Å². The molecule has 3 aromatic carbocycles. The second-order valence-electron chi connectivity index (χ2n) is 7.86. The molecule has 6 nitrogen and oxygen atoms in total. The third kappa shape index (κ3) is 6.12. The average Bonchev–Trinajstić information content (AvgIpc) is 2.85. The summed E-state index contributed by atoms with van der Waals surface area (Å²) in [6.45, 7) is 2.97. The summed E-state index contributed by atoms with van der Waals surface area (Å²) >= 11 is 6.11. The topological polar surface area (TPSA) is 61.9 Å². The molecular weight excluding hydrogens is 438 g/mol. The minimum Gasteiger partial charge on any atom is -0.489 e. The molecule has 4 rings (SSSR count). The van der Waals surface area contributed by atoms with E-state index in [1.54, 1.807) is 12.1 Å². The zero-order valence-electron chi connectivity index (χ0n) is 18.2. The summed E-state index contributed by atoms with van der Waals surface area (Å²) in [5.74, 6) is 0.636. The van der Waals surface area contributed by atoms with Crippen LogP contribution in [0.2, 0.25) is 5.02 Å². The van der Waals surface area contributed by atoms with Crippen molar-refractivity contribution in [2.45, 2.75) is 6.61 Å². The maximum Gasteiger partial charge on any atom is 0.254 e. The number of hydrogen-bond acceptors (Lipinski definition) is 4. The SMILES string of the molecule is O=C(CN1CCN(C(=O)c2ccccc2COc2ccccc2)CC1)Nc1ccccc1Cl. The van der Waals surface area contributed by atoms with Gasteiger partial charge in [0.15, 0.2) is 0 Å². The normalized spacial score (nSPS) is 14.0. The first kappa shape index (κ1) is 22.8. The lowest BCUT2D eigenvalue weighted by Gasteiger charge is -2.34. The van der Waals surface area contributed by atoms with Gasteiger partial charge in [0.2, 0.25) is 5.91 Å². The standard InChI is InChI=1S/C26H26ClN3O3/c27-23-12-6-7-13-24(23)28-25(31)18-29-14-16-30(17-15-29)26(32)22-11-5-4-8-20(22)19-33-21-9-2-1-3-10-21/h1-13H,14-19H2,(H,28,31). The Morgan fingerprint density at radius 1 is 0.848 bits per heavy atom. The molecule has 1 heterocycles. The van der Waals surface area contributed by atoms with Gasteiger partial charge in [-0.25, -0.2) is 0 Å². The number of nitrogens with zero attached hydrogens (tertiary/aromatic N) is 2. The Hall–Kier alpha value is -3.35. The summed E-state index contributed by atoms with van der Waals surface area (Å²) in [7, 11) is 0. The summed E-state index contributed by atoms with van der Waals surface area (Å²) in [6, 6.07) is 24.3. The zero-order valence-corrected chi connectivity index (χ0v) is 19.0. The number of anilines is 1. The summed E-state index contributed by atoms with van der Waals surface area (Å²) in [4.78, 5) is 29.5. The molecule has 1 N–H and O–H groups in total. The van der Waals surface area contributed by atoms with Crippen LogP contribution in [0.25, 0.3) is 0 Å². The van der Waals surface area contributed by atoms with Crippen molar-refractivity contribution in [3.63, 3.8) is 0 Å². The molecule has 33 heavy (non-hydrogen) atoms. The van der Waals surface area contributed by atoms with Crippen LogP contribution in [0.4, 0.5) is 5.69 Å². The number of piperazine rings is 1. The van der Waals surface area contributed by atoms with Crippen LogP contribution in [0.15, 0.2) is 78.9 Å². The molecule has 7 heteroatoms. The van der Waals surface area contributed by atoms with Gasteiger partial charge in [-0.15, -0.1) is 0 Å². The molecule has 0 aromatic heterocycles. The highest BCUT2D eigenvalue weighted by molar-refractivity contribution is 6.33. The number of amides is 2. The van der Waals surface area contributed by atoms with E-state index < -0.39 is 0 Å². The van der Waals surface area contributed by atoms with Gasteiger partial charge in [0.05, 0.1) is 17.3 Å². The van der Waals surface area contributed by atoms with Crippen LogP contribution in [0.1, 0.15) is 15.9 Å². The highest BCUT2D eigenvalue weighted by atomic mass is 35.5. The van der Waals surface area contributed by atoms with Gasteiger partial charge in [0, 0.05) is 37.3 Å². The van der Waals surface area contributed by atoms with Crippen LogP contribution in [0, 0.1) is 0 Å². The van der Waals surface area contributed by atoms with E-state index in [0.29, 0.717) is 49.1 Å². The Labute approximate surface area is 198 Å². The number of ether oxygens (including phenoxy) is 1. The third-order valence-corrected chi connectivity index (χ3v) is 5.89. The monoisotopic (exact) mass is 463 g/mol. The minimum atomic E-state index is -0.119.